The van der Waals surface area contributed by atoms with Crippen molar-refractivity contribution in [3.63, 3.8) is 0 Å². The van der Waals surface area contributed by atoms with Crippen LogP contribution in [-0.2, 0) is 0 Å². The van der Waals surface area contributed by atoms with Crippen LogP contribution in [0.5, 0.6) is 5.75 Å². The van der Waals surface area contributed by atoms with Crippen LogP contribution < -0.4 is 9.64 Å². The number of hydrogen-bond donors (Lipinski definition) is 0. The minimum atomic E-state index is -0.0612. The number of nitrogens with zero attached hydrogens (tertiary/aromatic N) is 2. The SMILES string of the molecule is COc1cc(Cl)c(C)cc1N1CCN(C(=O)c2ccco2)CC1. The summed E-state index contributed by atoms with van der Waals surface area (Å²) in [7, 11) is 1.64. The number of benzene rings is 1. The van der Waals surface area contributed by atoms with Gasteiger partial charge in [-0.15, -0.1) is 0 Å². The van der Waals surface area contributed by atoms with Gasteiger partial charge in [-0.1, -0.05) is 11.6 Å². The van der Waals surface area contributed by atoms with Crippen molar-refractivity contribution in [2.75, 3.05) is 38.2 Å². The van der Waals surface area contributed by atoms with Gasteiger partial charge in [-0.3, -0.25) is 4.79 Å². The lowest BCUT2D eigenvalue weighted by Gasteiger charge is -2.36. The maximum absolute atomic E-state index is 12.3. The van der Waals surface area contributed by atoms with Crippen molar-refractivity contribution >= 4 is 23.2 Å². The second-order valence-electron chi connectivity index (χ2n) is 5.53. The second kappa shape index (κ2) is 6.54. The molecule has 122 valence electrons. The molecule has 23 heavy (non-hydrogen) atoms. The first-order valence-corrected chi connectivity index (χ1v) is 7.90. The van der Waals surface area contributed by atoms with Crippen LogP contribution in [0, 0.1) is 6.92 Å². The van der Waals surface area contributed by atoms with E-state index in [1.165, 1.54) is 6.26 Å². The highest BCUT2D eigenvalue weighted by Gasteiger charge is 2.25. The molecule has 6 heteroatoms. The predicted molar refractivity (Wildman–Crippen MR) is 89.6 cm³/mol. The largest absolute Gasteiger partial charge is 0.495 e. The summed E-state index contributed by atoms with van der Waals surface area (Å²) >= 11 is 6.16. The average molecular weight is 335 g/mol. The monoisotopic (exact) mass is 334 g/mol. The fraction of sp³-hybridized carbons (Fsp3) is 0.353. The van der Waals surface area contributed by atoms with Crippen molar-refractivity contribution < 1.29 is 13.9 Å². The van der Waals surface area contributed by atoms with Crippen molar-refractivity contribution in [2.24, 2.45) is 0 Å². The van der Waals surface area contributed by atoms with Gasteiger partial charge in [0.15, 0.2) is 5.76 Å². The van der Waals surface area contributed by atoms with Crippen molar-refractivity contribution in [3.05, 3.63) is 46.9 Å². The van der Waals surface area contributed by atoms with Gasteiger partial charge in [-0.05, 0) is 30.7 Å². The smallest absolute Gasteiger partial charge is 0.289 e. The van der Waals surface area contributed by atoms with Gasteiger partial charge >= 0.3 is 0 Å². The Morgan fingerprint density at radius 1 is 1.26 bits per heavy atom. The van der Waals surface area contributed by atoms with E-state index in [1.807, 2.05) is 24.0 Å². The molecule has 0 atom stereocenters. The summed E-state index contributed by atoms with van der Waals surface area (Å²) in [5.41, 5.74) is 2.02. The van der Waals surface area contributed by atoms with E-state index in [2.05, 4.69) is 4.90 Å². The summed E-state index contributed by atoms with van der Waals surface area (Å²) < 4.78 is 10.6. The lowest BCUT2D eigenvalue weighted by Crippen LogP contribution is -2.48. The first kappa shape index (κ1) is 15.7. The summed E-state index contributed by atoms with van der Waals surface area (Å²) in [6.07, 6.45) is 1.52. The van der Waals surface area contributed by atoms with Crippen LogP contribution in [0.1, 0.15) is 16.1 Å². The van der Waals surface area contributed by atoms with Crippen LogP contribution in [-0.4, -0.2) is 44.1 Å². The van der Waals surface area contributed by atoms with E-state index in [9.17, 15) is 4.79 Å². The zero-order valence-electron chi connectivity index (χ0n) is 13.2. The van der Waals surface area contributed by atoms with E-state index in [-0.39, 0.29) is 5.91 Å². The maximum Gasteiger partial charge on any atom is 0.289 e. The quantitative estimate of drug-likeness (QED) is 0.864. The number of anilines is 1. The van der Waals surface area contributed by atoms with Gasteiger partial charge in [0.1, 0.15) is 5.75 Å². The van der Waals surface area contributed by atoms with Crippen LogP contribution in [0.3, 0.4) is 0 Å². The third kappa shape index (κ3) is 3.15. The van der Waals surface area contributed by atoms with E-state index >= 15 is 0 Å². The summed E-state index contributed by atoms with van der Waals surface area (Å²) in [5.74, 6) is 1.08. The molecule has 1 amide bonds. The van der Waals surface area contributed by atoms with Gasteiger partial charge in [-0.2, -0.15) is 0 Å². The number of methoxy groups -OCH3 is 1. The van der Waals surface area contributed by atoms with E-state index < -0.39 is 0 Å². The third-order valence-electron chi connectivity index (χ3n) is 4.10. The Labute approximate surface area is 140 Å². The number of halogens is 1. The Balaban J connectivity index is 1.72. The first-order valence-electron chi connectivity index (χ1n) is 7.52. The average Bonchev–Trinajstić information content (AvgIpc) is 3.11. The van der Waals surface area contributed by atoms with Crippen LogP contribution in [0.4, 0.5) is 5.69 Å². The summed E-state index contributed by atoms with van der Waals surface area (Å²) in [6, 6.07) is 7.29. The molecule has 0 unspecified atom stereocenters. The fourth-order valence-corrected chi connectivity index (χ4v) is 2.92. The fourth-order valence-electron chi connectivity index (χ4n) is 2.77. The van der Waals surface area contributed by atoms with Crippen molar-refractivity contribution in [1.29, 1.82) is 0 Å². The van der Waals surface area contributed by atoms with Gasteiger partial charge in [-0.25, -0.2) is 0 Å². The van der Waals surface area contributed by atoms with Gasteiger partial charge in [0.2, 0.25) is 0 Å². The third-order valence-corrected chi connectivity index (χ3v) is 4.51. The molecule has 0 radical (unpaired) electrons. The van der Waals surface area contributed by atoms with Gasteiger partial charge < -0.3 is 19.0 Å². The molecule has 0 saturated carbocycles. The van der Waals surface area contributed by atoms with Gasteiger partial charge in [0, 0.05) is 37.3 Å². The Morgan fingerprint density at radius 2 is 2.00 bits per heavy atom. The molecule has 2 aromatic rings. The number of ether oxygens (including phenoxy) is 1. The van der Waals surface area contributed by atoms with E-state index in [1.54, 1.807) is 19.2 Å². The highest BCUT2D eigenvalue weighted by Crippen LogP contribution is 2.34. The molecule has 0 bridgehead atoms. The van der Waals surface area contributed by atoms with Crippen LogP contribution in [0.15, 0.2) is 34.9 Å². The van der Waals surface area contributed by atoms with Gasteiger partial charge in [0.25, 0.3) is 5.91 Å². The summed E-state index contributed by atoms with van der Waals surface area (Å²) in [5, 5.41) is 0.692. The first-order chi connectivity index (χ1) is 11.1. The topological polar surface area (TPSA) is 45.9 Å². The molecule has 1 saturated heterocycles. The molecule has 1 aromatic carbocycles. The number of aryl methyl sites for hydroxylation is 1. The Bertz CT molecular complexity index is 692. The number of carbonyl (C=O) groups excluding carboxylic acids is 1. The van der Waals surface area contributed by atoms with E-state index in [4.69, 9.17) is 20.8 Å². The van der Waals surface area contributed by atoms with Crippen LogP contribution >= 0.6 is 11.6 Å². The standard InChI is InChI=1S/C17H19ClN2O3/c1-12-10-14(16(22-2)11-13(12)18)19-5-7-20(8-6-19)17(21)15-4-3-9-23-15/h3-4,9-11H,5-8H2,1-2H3. The molecule has 1 aromatic heterocycles. The van der Waals surface area contributed by atoms with Crippen LogP contribution in [0.2, 0.25) is 5.02 Å². The Kier molecular flexibility index (Phi) is 4.48. The van der Waals surface area contributed by atoms with E-state index in [0.717, 1.165) is 30.1 Å². The molecule has 1 aliphatic rings. The number of carbonyl (C=O) groups is 1. The minimum Gasteiger partial charge on any atom is -0.495 e. The molecule has 0 N–H and O–H groups in total. The highest BCUT2D eigenvalue weighted by molar-refractivity contribution is 6.31. The number of hydrogen-bond acceptors (Lipinski definition) is 4. The molecule has 5 nitrogen and oxygen atoms in total. The van der Waals surface area contributed by atoms with Gasteiger partial charge in [0.05, 0.1) is 19.1 Å². The maximum atomic E-state index is 12.3. The van der Waals surface area contributed by atoms with Crippen LogP contribution in [0.25, 0.3) is 0 Å². The number of amides is 1. The lowest BCUT2D eigenvalue weighted by atomic mass is 10.1. The number of piperazine rings is 1. The van der Waals surface area contributed by atoms with E-state index in [0.29, 0.717) is 23.9 Å². The molecule has 2 heterocycles. The molecule has 0 aliphatic carbocycles. The predicted octanol–water partition coefficient (Wildman–Crippen LogP) is 3.21. The second-order valence-corrected chi connectivity index (χ2v) is 5.94. The lowest BCUT2D eigenvalue weighted by molar-refractivity contribution is 0.0714. The summed E-state index contributed by atoms with van der Waals surface area (Å²) in [6.45, 7) is 4.74. The molecule has 3 rings (SSSR count). The minimum absolute atomic E-state index is 0.0612. The highest BCUT2D eigenvalue weighted by atomic mass is 35.5. The van der Waals surface area contributed by atoms with Crippen molar-refractivity contribution in [3.8, 4) is 5.75 Å². The Hall–Kier alpha value is -2.14. The summed E-state index contributed by atoms with van der Waals surface area (Å²) in [4.78, 5) is 16.3. The Morgan fingerprint density at radius 3 is 2.61 bits per heavy atom. The molecule has 1 aliphatic heterocycles. The zero-order chi connectivity index (χ0) is 16.4. The molecule has 1 fully saturated rings. The number of furan rings is 1. The van der Waals surface area contributed by atoms with Crippen molar-refractivity contribution in [1.82, 2.24) is 4.90 Å². The van der Waals surface area contributed by atoms with Crippen molar-refractivity contribution in [2.45, 2.75) is 6.92 Å². The normalized spacial score (nSPS) is 14.9. The zero-order valence-corrected chi connectivity index (χ0v) is 14.0. The molecular weight excluding hydrogens is 316 g/mol. The number of rotatable bonds is 3. The molecule has 0 spiro atoms. The molecular formula is C17H19ClN2O3.